The number of hydrogen-bond donors (Lipinski definition) is 2. The quantitative estimate of drug-likeness (QED) is 0.118. The van der Waals surface area contributed by atoms with Crippen molar-refractivity contribution < 1.29 is 94.4 Å². The van der Waals surface area contributed by atoms with E-state index in [0.29, 0.717) is 6.42 Å². The minimum absolute atomic E-state index is 0. The normalized spacial score (nSPS) is 13.0. The van der Waals surface area contributed by atoms with Crippen molar-refractivity contribution in [3.8, 4) is 0 Å². The largest absolute Gasteiger partial charge is 1.00 e. The summed E-state index contributed by atoms with van der Waals surface area (Å²) in [4.78, 5) is 32.7. The van der Waals surface area contributed by atoms with Crippen molar-refractivity contribution in [2.75, 3.05) is 52.4 Å². The van der Waals surface area contributed by atoms with Crippen molar-refractivity contribution in [2.24, 2.45) is 0 Å². The molecule has 2 N–H and O–H groups in total. The molecule has 0 aromatic heterocycles. The third-order valence-electron chi connectivity index (χ3n) is 6.73. The first kappa shape index (κ1) is 45.2. The van der Waals surface area contributed by atoms with Crippen LogP contribution in [0.3, 0.4) is 0 Å². The Morgan fingerprint density at radius 1 is 0.620 bits per heavy atom. The number of para-hydroxylation sites is 2. The van der Waals surface area contributed by atoms with Crippen LogP contribution in [0, 0.1) is 0 Å². The molecule has 0 unspecified atom stereocenters. The van der Waals surface area contributed by atoms with Gasteiger partial charge in [-0.15, -0.1) is 0 Å². The zero-order chi connectivity index (χ0) is 36.3. The molecule has 0 radical (unpaired) electrons. The Kier molecular flexibility index (Phi) is 21.3. The van der Waals surface area contributed by atoms with Crippen LogP contribution in [0.5, 0.6) is 0 Å². The number of nitrogens with one attached hydrogen (secondary N) is 2. The van der Waals surface area contributed by atoms with Crippen LogP contribution < -0.4 is 62.0 Å². The second-order valence-electron chi connectivity index (χ2n) is 10.2. The van der Waals surface area contributed by atoms with Gasteiger partial charge in [0.15, 0.2) is 0 Å². The van der Waals surface area contributed by atoms with Crippen molar-refractivity contribution >= 4 is 56.3 Å². The number of fused-ring (bicyclic) bond motifs is 2. The van der Waals surface area contributed by atoms with E-state index in [9.17, 15) is 23.5 Å². The fourth-order valence-corrected chi connectivity index (χ4v) is 4.14. The van der Waals surface area contributed by atoms with E-state index in [1.54, 1.807) is 12.1 Å². The van der Waals surface area contributed by atoms with E-state index in [2.05, 4.69) is 28.7 Å². The third kappa shape index (κ3) is 16.5. The van der Waals surface area contributed by atoms with Crippen LogP contribution in [0.4, 0.5) is 11.4 Å². The number of anilines is 2. The molecular weight excluding hydrogens is 705 g/mol. The summed E-state index contributed by atoms with van der Waals surface area (Å²) < 4.78 is 38.7. The first-order chi connectivity index (χ1) is 23.4. The first-order valence-corrected chi connectivity index (χ1v) is 18.8. The van der Waals surface area contributed by atoms with Crippen molar-refractivity contribution in [3.63, 3.8) is 0 Å². The van der Waals surface area contributed by atoms with Gasteiger partial charge in [-0.2, -0.15) is 0 Å². The molecule has 50 heavy (non-hydrogen) atoms. The van der Waals surface area contributed by atoms with E-state index in [4.69, 9.17) is 0 Å². The summed E-state index contributed by atoms with van der Waals surface area (Å²) in [6.07, 6.45) is 3.29. The molecule has 6 rings (SSSR count). The zero-order valence-electron chi connectivity index (χ0n) is 30.3. The van der Waals surface area contributed by atoms with Crippen LogP contribution in [-0.4, -0.2) is 59.9 Å². The van der Waals surface area contributed by atoms with Crippen molar-refractivity contribution in [2.45, 2.75) is 6.42 Å². The third-order valence-corrected chi connectivity index (χ3v) is 9.38. The van der Waals surface area contributed by atoms with Crippen LogP contribution >= 0.6 is 15.2 Å². The summed E-state index contributed by atoms with van der Waals surface area (Å²) in [5.41, 5.74) is 6.43. The molecule has 262 valence electrons. The fraction of sp³-hybridized carbons (Fsp3) is 0.194. The van der Waals surface area contributed by atoms with E-state index >= 15 is 0 Å². The Morgan fingerprint density at radius 3 is 1.50 bits per heavy atom. The molecule has 2 heterocycles. The number of aldehydes is 1. The van der Waals surface area contributed by atoms with E-state index in [-0.39, 0.29) is 64.6 Å². The molecule has 0 bridgehead atoms. The van der Waals surface area contributed by atoms with E-state index < -0.39 is 15.2 Å². The Balaban J connectivity index is 0.000000643. The first-order valence-electron chi connectivity index (χ1n) is 14.8. The molecular formula is C36H43KN2O9P2. The molecule has 0 saturated carbocycles. The number of carbonyl (C=O) groups excluding carboxylic acids is 3. The van der Waals surface area contributed by atoms with Crippen LogP contribution in [0.15, 0.2) is 109 Å². The monoisotopic (exact) mass is 748 g/mol. The SMILES string of the molecule is COP(C)(=O)OC.COP(C)(=O)OC.O=C1Cc2ccccc2N1.O=C1Nc2ccccc2C1=Cc1ccccc1.O=Cc1ccccc1.[H-].[K+]. The van der Waals surface area contributed by atoms with Gasteiger partial charge in [0.25, 0.3) is 5.91 Å². The summed E-state index contributed by atoms with van der Waals surface area (Å²) in [5, 5.41) is 5.62. The topological polar surface area (TPSA) is 146 Å². The fourth-order valence-electron chi connectivity index (χ4n) is 3.84. The van der Waals surface area contributed by atoms with Crippen LogP contribution in [0.2, 0.25) is 0 Å². The summed E-state index contributed by atoms with van der Waals surface area (Å²) in [6, 6.07) is 34.4. The maximum absolute atomic E-state index is 11.9. The van der Waals surface area contributed by atoms with Gasteiger partial charge in [0.2, 0.25) is 5.91 Å². The average molecular weight is 749 g/mol. The van der Waals surface area contributed by atoms with Crippen molar-refractivity contribution in [1.82, 2.24) is 0 Å². The van der Waals surface area contributed by atoms with Gasteiger partial charge in [-0.05, 0) is 29.3 Å². The number of hydrogen-bond acceptors (Lipinski definition) is 9. The predicted octanol–water partition coefficient (Wildman–Crippen LogP) is 5.18. The second kappa shape index (κ2) is 23.6. The van der Waals surface area contributed by atoms with E-state index in [1.165, 1.54) is 41.8 Å². The number of carbonyl (C=O) groups is 3. The van der Waals surface area contributed by atoms with Crippen LogP contribution in [0.25, 0.3) is 11.6 Å². The second-order valence-corrected chi connectivity index (χ2v) is 14.7. The number of rotatable bonds is 6. The molecule has 0 saturated heterocycles. The summed E-state index contributed by atoms with van der Waals surface area (Å²) in [6.45, 7) is 2.82. The van der Waals surface area contributed by atoms with E-state index in [1.807, 2.05) is 103 Å². The predicted molar refractivity (Wildman–Crippen MR) is 196 cm³/mol. The van der Waals surface area contributed by atoms with Crippen LogP contribution in [0.1, 0.15) is 28.5 Å². The minimum Gasteiger partial charge on any atom is -1.00 e. The number of benzene rings is 4. The van der Waals surface area contributed by atoms with Crippen molar-refractivity contribution in [3.05, 3.63) is 131 Å². The zero-order valence-corrected chi connectivity index (χ0v) is 34.2. The summed E-state index contributed by atoms with van der Waals surface area (Å²) in [5.74, 6) is 0.0660. The van der Waals surface area contributed by atoms with Gasteiger partial charge in [0.05, 0.1) is 6.42 Å². The average Bonchev–Trinajstić information content (AvgIpc) is 3.67. The Labute approximate surface area is 338 Å². The standard InChI is InChI=1S/C15H11NO.C8H7NO.C7H6O.2C3H9O3P.K.H/c17-15-13(10-11-6-2-1-3-7-11)12-8-4-5-9-14(12)16-15;10-8-5-6-3-1-2-4-7(6)9-8;8-6-7-4-2-1-3-5-7;2*1-5-7(3,4)6-2;;/h1-10H,(H,16,17);1-4H,5H2,(H,9,10);1-6H;2*1-3H3;;/q;;;;;+1;-1. The maximum Gasteiger partial charge on any atom is 1.00 e. The van der Waals surface area contributed by atoms with Crippen LogP contribution in [-0.2, 0) is 43.2 Å². The maximum atomic E-state index is 11.9. The molecule has 2 amide bonds. The molecule has 4 aromatic rings. The molecule has 14 heteroatoms. The Morgan fingerprint density at radius 2 is 1.06 bits per heavy atom. The van der Waals surface area contributed by atoms with Gasteiger partial charge < -0.3 is 30.2 Å². The van der Waals surface area contributed by atoms with Gasteiger partial charge >= 0.3 is 66.6 Å². The van der Waals surface area contributed by atoms with Crippen molar-refractivity contribution in [1.29, 1.82) is 0 Å². The van der Waals surface area contributed by atoms with Gasteiger partial charge in [-0.3, -0.25) is 23.5 Å². The smallest absolute Gasteiger partial charge is 1.00 e. The molecule has 2 aliphatic heterocycles. The minimum atomic E-state index is -2.65. The molecule has 0 atom stereocenters. The number of amides is 2. The molecule has 0 aliphatic carbocycles. The summed E-state index contributed by atoms with van der Waals surface area (Å²) >= 11 is 0. The molecule has 11 nitrogen and oxygen atoms in total. The van der Waals surface area contributed by atoms with Gasteiger partial charge in [0.1, 0.15) is 6.29 Å². The van der Waals surface area contributed by atoms with Gasteiger partial charge in [-0.1, -0.05) is 97.1 Å². The van der Waals surface area contributed by atoms with E-state index in [0.717, 1.165) is 45.5 Å². The molecule has 0 spiro atoms. The molecule has 4 aromatic carbocycles. The molecule has 0 fully saturated rings. The van der Waals surface area contributed by atoms with Gasteiger partial charge in [0, 0.05) is 69.8 Å². The summed E-state index contributed by atoms with van der Waals surface area (Å²) in [7, 11) is 0.0972. The molecule has 2 aliphatic rings. The Bertz CT molecular complexity index is 1730. The van der Waals surface area contributed by atoms with Gasteiger partial charge in [-0.25, -0.2) is 0 Å². The Hall–Kier alpha value is -2.83.